The summed E-state index contributed by atoms with van der Waals surface area (Å²) in [6.45, 7) is 10.1. The van der Waals surface area contributed by atoms with Gasteiger partial charge in [-0.25, -0.2) is 0 Å². The minimum Gasteiger partial charge on any atom is -0.462 e. The molecule has 1 aliphatic heterocycles. The first kappa shape index (κ1) is 14.1. The minimum atomic E-state index is -0.318. The van der Waals surface area contributed by atoms with Gasteiger partial charge in [-0.3, -0.25) is 14.7 Å². The molecule has 0 saturated heterocycles. The van der Waals surface area contributed by atoms with Crippen LogP contribution in [0.4, 0.5) is 0 Å². The predicted octanol–water partition coefficient (Wildman–Crippen LogP) is 1.35. The monoisotopic (exact) mass is 214 g/mol. The third-order valence-corrected chi connectivity index (χ3v) is 2.02. The fourth-order valence-corrected chi connectivity index (χ4v) is 0.877. The zero-order valence-corrected chi connectivity index (χ0v) is 10.4. The first-order valence-electron chi connectivity index (χ1n) is 5.17. The van der Waals surface area contributed by atoms with Crippen molar-refractivity contribution in [1.29, 1.82) is 0 Å². The Morgan fingerprint density at radius 1 is 1.53 bits per heavy atom. The molecule has 1 unspecified atom stereocenters. The Hall–Kier alpha value is -0.900. The Morgan fingerprint density at radius 3 is 2.33 bits per heavy atom. The second-order valence-electron chi connectivity index (χ2n) is 4.66. The highest BCUT2D eigenvalue weighted by atomic mass is 16.5. The zero-order chi connectivity index (χ0) is 11.9. The van der Waals surface area contributed by atoms with Gasteiger partial charge in [0.05, 0.1) is 6.54 Å². The summed E-state index contributed by atoms with van der Waals surface area (Å²) < 4.78 is 4.55. The van der Waals surface area contributed by atoms with Gasteiger partial charge in [0.15, 0.2) is 0 Å². The zero-order valence-electron chi connectivity index (χ0n) is 10.4. The lowest BCUT2D eigenvalue weighted by atomic mass is 10.2. The highest BCUT2D eigenvalue weighted by Crippen LogP contribution is 2.02. The van der Waals surface area contributed by atoms with Gasteiger partial charge in [0, 0.05) is 18.8 Å². The molecule has 0 radical (unpaired) electrons. The number of hydrogen-bond donors (Lipinski definition) is 0. The average Bonchev–Trinajstić information content (AvgIpc) is 2.09. The first-order valence-corrected chi connectivity index (χ1v) is 5.17. The molecule has 0 bridgehead atoms. The van der Waals surface area contributed by atoms with Crippen LogP contribution in [0.25, 0.3) is 0 Å². The number of hydrogen-bond acceptors (Lipinski definition) is 4. The molecular weight excluding hydrogens is 192 g/mol. The summed E-state index contributed by atoms with van der Waals surface area (Å²) in [4.78, 5) is 16.0. The molecule has 1 heterocycles. The molecule has 0 aromatic carbocycles. The normalized spacial score (nSPS) is 21.5. The molecule has 1 atom stereocenters. The van der Waals surface area contributed by atoms with E-state index >= 15 is 0 Å². The van der Waals surface area contributed by atoms with E-state index in [4.69, 9.17) is 0 Å². The number of rotatable bonds is 1. The standard InChI is InChI=1S/C6H12N2.C5H10O2/c1-6-5-7-3-4-8(6)2;1-5(2,3)7-4-6/h3,6H,4-5H2,1-2H3;4H,1-3H3. The molecule has 88 valence electrons. The molecule has 0 N–H and O–H groups in total. The van der Waals surface area contributed by atoms with Gasteiger partial charge in [0.25, 0.3) is 6.47 Å². The number of ether oxygens (including phenoxy) is 1. The van der Waals surface area contributed by atoms with Crippen LogP contribution >= 0.6 is 0 Å². The van der Waals surface area contributed by atoms with Crippen molar-refractivity contribution in [2.75, 3.05) is 20.1 Å². The highest BCUT2D eigenvalue weighted by molar-refractivity contribution is 5.60. The lowest BCUT2D eigenvalue weighted by Gasteiger charge is -2.24. The van der Waals surface area contributed by atoms with E-state index in [2.05, 4.69) is 28.6 Å². The Kier molecular flexibility index (Phi) is 6.17. The van der Waals surface area contributed by atoms with Gasteiger partial charge in [0.2, 0.25) is 0 Å². The summed E-state index contributed by atoms with van der Waals surface area (Å²) in [6, 6.07) is 0.639. The van der Waals surface area contributed by atoms with E-state index in [1.807, 2.05) is 27.0 Å². The second-order valence-corrected chi connectivity index (χ2v) is 4.66. The molecule has 1 aliphatic rings. The number of carbonyl (C=O) groups excluding carboxylic acids is 1. The topological polar surface area (TPSA) is 41.9 Å². The molecular formula is C11H22N2O2. The lowest BCUT2D eigenvalue weighted by Crippen LogP contribution is -2.36. The molecule has 0 amide bonds. The molecule has 4 heteroatoms. The van der Waals surface area contributed by atoms with E-state index in [1.54, 1.807) is 0 Å². The summed E-state index contributed by atoms with van der Waals surface area (Å²) in [5.41, 5.74) is -0.318. The van der Waals surface area contributed by atoms with Crippen LogP contribution in [0, 0.1) is 0 Å². The van der Waals surface area contributed by atoms with E-state index in [-0.39, 0.29) is 5.60 Å². The summed E-state index contributed by atoms with van der Waals surface area (Å²) in [7, 11) is 2.12. The van der Waals surface area contributed by atoms with Crippen molar-refractivity contribution >= 4 is 12.7 Å². The number of nitrogens with zero attached hydrogens (tertiary/aromatic N) is 2. The average molecular weight is 214 g/mol. The van der Waals surface area contributed by atoms with Crippen LogP contribution in [0.2, 0.25) is 0 Å². The molecule has 4 nitrogen and oxygen atoms in total. The lowest BCUT2D eigenvalue weighted by molar-refractivity contribution is -0.138. The Morgan fingerprint density at radius 2 is 2.13 bits per heavy atom. The summed E-state index contributed by atoms with van der Waals surface area (Å²) in [6.07, 6.45) is 1.97. The van der Waals surface area contributed by atoms with Gasteiger partial charge in [-0.2, -0.15) is 0 Å². The van der Waals surface area contributed by atoms with Crippen molar-refractivity contribution in [3.63, 3.8) is 0 Å². The van der Waals surface area contributed by atoms with Crippen molar-refractivity contribution in [3.8, 4) is 0 Å². The van der Waals surface area contributed by atoms with Gasteiger partial charge in [-0.1, -0.05) is 0 Å². The van der Waals surface area contributed by atoms with Crippen LogP contribution in [0.5, 0.6) is 0 Å². The van der Waals surface area contributed by atoms with Crippen molar-refractivity contribution < 1.29 is 9.53 Å². The molecule has 0 fully saturated rings. The minimum absolute atomic E-state index is 0.318. The van der Waals surface area contributed by atoms with E-state index in [0.29, 0.717) is 12.5 Å². The molecule has 0 aromatic rings. The molecule has 1 rings (SSSR count). The fraction of sp³-hybridized carbons (Fsp3) is 0.818. The van der Waals surface area contributed by atoms with Crippen molar-refractivity contribution in [1.82, 2.24) is 4.90 Å². The second kappa shape index (κ2) is 6.56. The molecule has 0 spiro atoms. The van der Waals surface area contributed by atoms with Crippen LogP contribution in [0.15, 0.2) is 4.99 Å². The Labute approximate surface area is 92.3 Å². The Bertz CT molecular complexity index is 197. The van der Waals surface area contributed by atoms with Gasteiger partial charge in [-0.15, -0.1) is 0 Å². The summed E-state index contributed by atoms with van der Waals surface area (Å²) in [5, 5.41) is 0. The van der Waals surface area contributed by atoms with E-state index in [1.165, 1.54) is 0 Å². The van der Waals surface area contributed by atoms with Crippen LogP contribution in [-0.4, -0.2) is 49.4 Å². The number of aliphatic imine (C=N–C) groups is 1. The van der Waals surface area contributed by atoms with Gasteiger partial charge < -0.3 is 4.74 Å². The van der Waals surface area contributed by atoms with E-state index in [0.717, 1.165) is 13.1 Å². The quantitative estimate of drug-likeness (QED) is 0.619. The molecule has 0 saturated carbocycles. The highest BCUT2D eigenvalue weighted by Gasteiger charge is 2.09. The third-order valence-electron chi connectivity index (χ3n) is 2.02. The van der Waals surface area contributed by atoms with Crippen molar-refractivity contribution in [2.24, 2.45) is 4.99 Å². The van der Waals surface area contributed by atoms with Crippen LogP contribution < -0.4 is 0 Å². The first-order chi connectivity index (χ1) is 6.87. The van der Waals surface area contributed by atoms with Gasteiger partial charge >= 0.3 is 0 Å². The fourth-order valence-electron chi connectivity index (χ4n) is 0.877. The number of carbonyl (C=O) groups is 1. The maximum atomic E-state index is 9.60. The van der Waals surface area contributed by atoms with Gasteiger partial charge in [0.1, 0.15) is 5.60 Å². The van der Waals surface area contributed by atoms with Crippen LogP contribution in [0.3, 0.4) is 0 Å². The summed E-state index contributed by atoms with van der Waals surface area (Å²) in [5.74, 6) is 0. The summed E-state index contributed by atoms with van der Waals surface area (Å²) >= 11 is 0. The maximum Gasteiger partial charge on any atom is 0.293 e. The SMILES string of the molecule is CC(C)(C)OC=O.CC1CN=CCN1C. The van der Waals surface area contributed by atoms with Crippen LogP contribution in [0.1, 0.15) is 27.7 Å². The molecule has 0 aromatic heterocycles. The van der Waals surface area contributed by atoms with Crippen LogP contribution in [-0.2, 0) is 9.53 Å². The Balaban J connectivity index is 0.000000265. The molecule has 0 aliphatic carbocycles. The van der Waals surface area contributed by atoms with Crippen molar-refractivity contribution in [3.05, 3.63) is 0 Å². The predicted molar refractivity (Wildman–Crippen MR) is 62.4 cm³/mol. The van der Waals surface area contributed by atoms with E-state index < -0.39 is 0 Å². The van der Waals surface area contributed by atoms with Crippen molar-refractivity contribution in [2.45, 2.75) is 39.3 Å². The maximum absolute atomic E-state index is 9.60. The molecule has 15 heavy (non-hydrogen) atoms. The number of likely N-dealkylation sites (N-methyl/N-ethyl adjacent to an activating group) is 1. The third kappa shape index (κ3) is 8.12. The van der Waals surface area contributed by atoms with E-state index in [9.17, 15) is 4.79 Å². The smallest absolute Gasteiger partial charge is 0.293 e. The van der Waals surface area contributed by atoms with Gasteiger partial charge in [-0.05, 0) is 34.7 Å². The largest absolute Gasteiger partial charge is 0.462 e.